The van der Waals surface area contributed by atoms with Gasteiger partial charge in [-0.3, -0.25) is 14.2 Å². The minimum atomic E-state index is -0.233. The standard InChI is InChI=1S/C27H23N5O3/c1-19-7-11-21(12-8-19)32-26-24(17-29-32)27(34)31(18-28-26)16-15-25(33)30-20-9-13-23(14-10-20)35-22-5-3-2-4-6-22/h2-14,17-18H,15-16H2,1H3,(H,30,33). The number of fused-ring (bicyclic) bond motifs is 1. The van der Waals surface area contributed by atoms with Gasteiger partial charge in [-0.15, -0.1) is 0 Å². The van der Waals surface area contributed by atoms with Crippen LogP contribution in [0.1, 0.15) is 12.0 Å². The van der Waals surface area contributed by atoms with Crippen molar-refractivity contribution >= 4 is 22.6 Å². The molecule has 5 aromatic rings. The van der Waals surface area contributed by atoms with E-state index < -0.39 is 0 Å². The van der Waals surface area contributed by atoms with E-state index in [1.807, 2.05) is 61.5 Å². The van der Waals surface area contributed by atoms with Crippen LogP contribution < -0.4 is 15.6 Å². The maximum Gasteiger partial charge on any atom is 0.264 e. The number of anilines is 1. The smallest absolute Gasteiger partial charge is 0.264 e. The number of para-hydroxylation sites is 1. The van der Waals surface area contributed by atoms with Crippen LogP contribution in [0.4, 0.5) is 5.69 Å². The molecule has 0 atom stereocenters. The number of rotatable bonds is 7. The van der Waals surface area contributed by atoms with Crippen molar-refractivity contribution in [1.29, 1.82) is 0 Å². The molecule has 0 bridgehead atoms. The lowest BCUT2D eigenvalue weighted by Crippen LogP contribution is -2.23. The summed E-state index contributed by atoms with van der Waals surface area (Å²) >= 11 is 0. The Morgan fingerprint density at radius 3 is 2.40 bits per heavy atom. The molecule has 35 heavy (non-hydrogen) atoms. The van der Waals surface area contributed by atoms with Gasteiger partial charge in [-0.25, -0.2) is 9.67 Å². The summed E-state index contributed by atoms with van der Waals surface area (Å²) in [6, 6.07) is 24.4. The highest BCUT2D eigenvalue weighted by atomic mass is 16.5. The van der Waals surface area contributed by atoms with E-state index in [1.54, 1.807) is 28.9 Å². The summed E-state index contributed by atoms with van der Waals surface area (Å²) in [5.41, 5.74) is 2.86. The number of aryl methyl sites for hydroxylation is 2. The largest absolute Gasteiger partial charge is 0.457 e. The first-order chi connectivity index (χ1) is 17.1. The number of carbonyl (C=O) groups is 1. The SMILES string of the molecule is Cc1ccc(-n2ncc3c(=O)n(CCC(=O)Nc4ccc(Oc5ccccc5)cc4)cnc32)cc1. The van der Waals surface area contributed by atoms with Crippen LogP contribution in [0.25, 0.3) is 16.7 Å². The lowest BCUT2D eigenvalue weighted by Gasteiger charge is -2.09. The molecule has 1 N–H and O–H groups in total. The average Bonchev–Trinajstić information content (AvgIpc) is 3.31. The molecule has 0 saturated heterocycles. The van der Waals surface area contributed by atoms with Crippen LogP contribution in [-0.4, -0.2) is 25.2 Å². The molecule has 0 aliphatic rings. The molecule has 8 nitrogen and oxygen atoms in total. The molecule has 2 heterocycles. The lowest BCUT2D eigenvalue weighted by atomic mass is 10.2. The van der Waals surface area contributed by atoms with E-state index in [0.29, 0.717) is 22.5 Å². The molecule has 0 fully saturated rings. The van der Waals surface area contributed by atoms with E-state index in [2.05, 4.69) is 15.4 Å². The number of hydrogen-bond donors (Lipinski definition) is 1. The summed E-state index contributed by atoms with van der Waals surface area (Å²) in [5.74, 6) is 1.21. The molecule has 0 spiro atoms. The fraction of sp³-hybridized carbons (Fsp3) is 0.111. The molecule has 2 aromatic heterocycles. The first kappa shape index (κ1) is 22.1. The number of carbonyl (C=O) groups excluding carboxylic acids is 1. The molecule has 0 saturated carbocycles. The summed E-state index contributed by atoms with van der Waals surface area (Å²) < 4.78 is 8.83. The third kappa shape index (κ3) is 4.96. The number of benzene rings is 3. The summed E-state index contributed by atoms with van der Waals surface area (Å²) in [7, 11) is 0. The Balaban J connectivity index is 1.22. The number of nitrogens with one attached hydrogen (secondary N) is 1. The lowest BCUT2D eigenvalue weighted by molar-refractivity contribution is -0.116. The van der Waals surface area contributed by atoms with Gasteiger partial charge in [-0.1, -0.05) is 35.9 Å². The van der Waals surface area contributed by atoms with Crippen LogP contribution in [0.5, 0.6) is 11.5 Å². The van der Waals surface area contributed by atoms with Crippen LogP contribution in [0.2, 0.25) is 0 Å². The third-order valence-electron chi connectivity index (χ3n) is 5.53. The van der Waals surface area contributed by atoms with Crippen molar-refractivity contribution in [3.8, 4) is 17.2 Å². The monoisotopic (exact) mass is 465 g/mol. The maximum atomic E-state index is 12.9. The molecule has 5 rings (SSSR count). The minimum Gasteiger partial charge on any atom is -0.457 e. The van der Waals surface area contributed by atoms with Crippen molar-refractivity contribution in [3.63, 3.8) is 0 Å². The van der Waals surface area contributed by atoms with Crippen LogP contribution in [0.15, 0.2) is 96.2 Å². The van der Waals surface area contributed by atoms with E-state index in [9.17, 15) is 9.59 Å². The van der Waals surface area contributed by atoms with Gasteiger partial charge in [0.1, 0.15) is 16.9 Å². The molecule has 174 valence electrons. The van der Waals surface area contributed by atoms with Gasteiger partial charge in [0, 0.05) is 18.7 Å². The Kier molecular flexibility index (Phi) is 6.09. The van der Waals surface area contributed by atoms with E-state index in [0.717, 1.165) is 17.0 Å². The van der Waals surface area contributed by atoms with Crippen molar-refractivity contribution in [3.05, 3.63) is 107 Å². The highest BCUT2D eigenvalue weighted by molar-refractivity contribution is 5.90. The molecule has 0 radical (unpaired) electrons. The predicted octanol–water partition coefficient (Wildman–Crippen LogP) is 4.71. The highest BCUT2D eigenvalue weighted by Crippen LogP contribution is 2.22. The summed E-state index contributed by atoms with van der Waals surface area (Å²) in [5, 5.41) is 7.58. The molecule has 0 aliphatic heterocycles. The highest BCUT2D eigenvalue weighted by Gasteiger charge is 2.12. The quantitative estimate of drug-likeness (QED) is 0.376. The van der Waals surface area contributed by atoms with E-state index in [1.165, 1.54) is 17.1 Å². The Hall–Kier alpha value is -4.72. The molecule has 3 aromatic carbocycles. The fourth-order valence-corrected chi connectivity index (χ4v) is 3.66. The Labute approximate surface area is 201 Å². The Morgan fingerprint density at radius 1 is 0.943 bits per heavy atom. The van der Waals surface area contributed by atoms with E-state index in [-0.39, 0.29) is 24.4 Å². The second-order valence-corrected chi connectivity index (χ2v) is 8.11. The zero-order valence-electron chi connectivity index (χ0n) is 19.1. The number of amides is 1. The summed E-state index contributed by atoms with van der Waals surface area (Å²) in [4.78, 5) is 29.8. The van der Waals surface area contributed by atoms with Crippen LogP contribution >= 0.6 is 0 Å². The number of ether oxygens (including phenoxy) is 1. The van der Waals surface area contributed by atoms with E-state index in [4.69, 9.17) is 4.74 Å². The van der Waals surface area contributed by atoms with Crippen LogP contribution in [0.3, 0.4) is 0 Å². The Bertz CT molecular complexity index is 1520. The zero-order chi connectivity index (χ0) is 24.2. The second-order valence-electron chi connectivity index (χ2n) is 8.11. The number of nitrogens with zero attached hydrogens (tertiary/aromatic N) is 4. The average molecular weight is 466 g/mol. The van der Waals surface area contributed by atoms with Gasteiger partial charge in [0.15, 0.2) is 5.65 Å². The van der Waals surface area contributed by atoms with Gasteiger partial charge in [-0.05, 0) is 55.5 Å². The van der Waals surface area contributed by atoms with E-state index >= 15 is 0 Å². The van der Waals surface area contributed by atoms with Crippen molar-refractivity contribution in [2.24, 2.45) is 0 Å². The normalized spacial score (nSPS) is 10.9. The summed E-state index contributed by atoms with van der Waals surface area (Å²) in [6.45, 7) is 2.21. The van der Waals surface area contributed by atoms with Crippen molar-refractivity contribution < 1.29 is 9.53 Å². The number of aromatic nitrogens is 4. The fourth-order valence-electron chi connectivity index (χ4n) is 3.66. The first-order valence-electron chi connectivity index (χ1n) is 11.2. The topological polar surface area (TPSA) is 91.0 Å². The van der Waals surface area contributed by atoms with Crippen molar-refractivity contribution in [2.75, 3.05) is 5.32 Å². The molecule has 8 heteroatoms. The van der Waals surface area contributed by atoms with Gasteiger partial charge >= 0.3 is 0 Å². The third-order valence-corrected chi connectivity index (χ3v) is 5.53. The number of hydrogen-bond acceptors (Lipinski definition) is 5. The first-order valence-corrected chi connectivity index (χ1v) is 11.2. The Morgan fingerprint density at radius 2 is 1.66 bits per heavy atom. The van der Waals surface area contributed by atoms with Crippen molar-refractivity contribution in [2.45, 2.75) is 19.9 Å². The van der Waals surface area contributed by atoms with Gasteiger partial charge in [0.2, 0.25) is 5.91 Å². The van der Waals surface area contributed by atoms with Gasteiger partial charge in [-0.2, -0.15) is 5.10 Å². The van der Waals surface area contributed by atoms with Crippen LogP contribution in [-0.2, 0) is 11.3 Å². The summed E-state index contributed by atoms with van der Waals surface area (Å²) in [6.07, 6.45) is 3.10. The van der Waals surface area contributed by atoms with Gasteiger partial charge < -0.3 is 10.1 Å². The minimum absolute atomic E-state index is 0.126. The molecule has 0 unspecified atom stereocenters. The van der Waals surface area contributed by atoms with Crippen LogP contribution in [0, 0.1) is 6.92 Å². The van der Waals surface area contributed by atoms with Gasteiger partial charge in [0.25, 0.3) is 5.56 Å². The van der Waals surface area contributed by atoms with Gasteiger partial charge in [0.05, 0.1) is 18.2 Å². The molecular formula is C27H23N5O3. The maximum absolute atomic E-state index is 12.9. The zero-order valence-corrected chi connectivity index (χ0v) is 19.1. The molecular weight excluding hydrogens is 442 g/mol. The predicted molar refractivity (Wildman–Crippen MR) is 134 cm³/mol. The molecule has 1 amide bonds. The van der Waals surface area contributed by atoms with Crippen molar-refractivity contribution in [1.82, 2.24) is 19.3 Å². The second kappa shape index (κ2) is 9.64. The molecule has 0 aliphatic carbocycles.